The van der Waals surface area contributed by atoms with Crippen molar-refractivity contribution in [1.82, 2.24) is 15.2 Å². The van der Waals surface area contributed by atoms with Crippen molar-refractivity contribution in [2.75, 3.05) is 5.75 Å². The highest BCUT2D eigenvalue weighted by atomic mass is 32.2. The molecule has 0 amide bonds. The summed E-state index contributed by atoms with van der Waals surface area (Å²) >= 11 is 1.36. The van der Waals surface area contributed by atoms with E-state index in [9.17, 15) is 4.79 Å². The molecule has 4 rings (SSSR count). The predicted octanol–water partition coefficient (Wildman–Crippen LogP) is 3.66. The number of carbonyl (C=O) groups is 1. The topological polar surface area (TPSA) is 58.6 Å². The Balaban J connectivity index is 1.56. The van der Waals surface area contributed by atoms with Gasteiger partial charge in [0.2, 0.25) is 5.16 Å². The molecule has 3 aromatic rings. The van der Waals surface area contributed by atoms with Crippen molar-refractivity contribution in [3.8, 4) is 11.1 Å². The van der Waals surface area contributed by atoms with Gasteiger partial charge in [-0.1, -0.05) is 48.2 Å². The van der Waals surface area contributed by atoms with Crippen molar-refractivity contribution in [2.24, 2.45) is 0 Å². The van der Waals surface area contributed by atoms with Gasteiger partial charge in [0.15, 0.2) is 5.78 Å². The summed E-state index contributed by atoms with van der Waals surface area (Å²) in [6.07, 6.45) is 0.950. The minimum absolute atomic E-state index is 0.102. The molecular weight excluding hydrogens is 306 g/mol. The fraction of sp³-hybridized carbons (Fsp3) is 0.167. The summed E-state index contributed by atoms with van der Waals surface area (Å²) in [6.45, 7) is 1.84. The molecule has 5 heteroatoms. The smallest absolute Gasteiger partial charge is 0.208 e. The number of hydrogen-bond donors (Lipinski definition) is 1. The highest BCUT2D eigenvalue weighted by Crippen LogP contribution is 2.37. The van der Waals surface area contributed by atoms with Gasteiger partial charge in [0.05, 0.1) is 5.75 Å². The Morgan fingerprint density at radius 2 is 2.00 bits per heavy atom. The van der Waals surface area contributed by atoms with Crippen molar-refractivity contribution in [3.05, 3.63) is 65.0 Å². The number of hydrogen-bond acceptors (Lipinski definition) is 4. The SMILES string of the molecule is Cc1nc(SCC(=O)c2ccc3c(c2)-c2ccccc2C3)n[nH]1. The molecule has 1 aliphatic carbocycles. The van der Waals surface area contributed by atoms with Crippen molar-refractivity contribution < 1.29 is 4.79 Å². The molecule has 0 radical (unpaired) electrons. The van der Waals surface area contributed by atoms with Gasteiger partial charge in [0, 0.05) is 5.56 Å². The number of fused-ring (bicyclic) bond motifs is 3. The van der Waals surface area contributed by atoms with Crippen LogP contribution in [0.25, 0.3) is 11.1 Å². The summed E-state index contributed by atoms with van der Waals surface area (Å²) in [7, 11) is 0. The van der Waals surface area contributed by atoms with Crippen LogP contribution in [-0.4, -0.2) is 26.7 Å². The molecule has 1 N–H and O–H groups in total. The first-order chi connectivity index (χ1) is 11.2. The molecular formula is C18H15N3OS. The first kappa shape index (κ1) is 14.2. The van der Waals surface area contributed by atoms with E-state index >= 15 is 0 Å². The van der Waals surface area contributed by atoms with Crippen molar-refractivity contribution in [3.63, 3.8) is 0 Å². The quantitative estimate of drug-likeness (QED) is 0.460. The number of nitrogens with one attached hydrogen (secondary N) is 1. The van der Waals surface area contributed by atoms with E-state index in [1.54, 1.807) is 0 Å². The minimum Gasteiger partial charge on any atom is -0.293 e. The molecule has 1 aromatic heterocycles. The van der Waals surface area contributed by atoms with E-state index in [-0.39, 0.29) is 5.78 Å². The Hall–Kier alpha value is -2.40. The third-order valence-corrected chi connectivity index (χ3v) is 4.88. The second-order valence-electron chi connectivity index (χ2n) is 5.62. The van der Waals surface area contributed by atoms with Crippen molar-refractivity contribution in [1.29, 1.82) is 0 Å². The van der Waals surface area contributed by atoms with Gasteiger partial charge < -0.3 is 0 Å². The summed E-state index contributed by atoms with van der Waals surface area (Å²) < 4.78 is 0. The van der Waals surface area contributed by atoms with Gasteiger partial charge in [0.1, 0.15) is 5.82 Å². The molecule has 2 aromatic carbocycles. The highest BCUT2D eigenvalue weighted by molar-refractivity contribution is 7.99. The predicted molar refractivity (Wildman–Crippen MR) is 90.9 cm³/mol. The average Bonchev–Trinajstić information content (AvgIpc) is 3.15. The number of aryl methyl sites for hydroxylation is 1. The van der Waals surface area contributed by atoms with Gasteiger partial charge in [0.25, 0.3) is 0 Å². The lowest BCUT2D eigenvalue weighted by molar-refractivity contribution is 0.102. The fourth-order valence-electron chi connectivity index (χ4n) is 2.90. The Kier molecular flexibility index (Phi) is 3.50. The maximum atomic E-state index is 12.5. The van der Waals surface area contributed by atoms with Crippen molar-refractivity contribution >= 4 is 17.5 Å². The number of aromatic amines is 1. The maximum Gasteiger partial charge on any atom is 0.208 e. The van der Waals surface area contributed by atoms with E-state index < -0.39 is 0 Å². The Labute approximate surface area is 138 Å². The van der Waals surface area contributed by atoms with Crippen LogP contribution in [0.3, 0.4) is 0 Å². The number of rotatable bonds is 4. The largest absolute Gasteiger partial charge is 0.293 e. The second-order valence-corrected chi connectivity index (χ2v) is 6.56. The monoisotopic (exact) mass is 321 g/mol. The molecule has 1 heterocycles. The van der Waals surface area contributed by atoms with Crippen LogP contribution in [0.2, 0.25) is 0 Å². The summed E-state index contributed by atoms with van der Waals surface area (Å²) in [6, 6.07) is 14.4. The molecule has 4 nitrogen and oxygen atoms in total. The van der Waals surface area contributed by atoms with Crippen LogP contribution in [0, 0.1) is 6.92 Å². The zero-order valence-electron chi connectivity index (χ0n) is 12.7. The molecule has 0 saturated carbocycles. The fourth-order valence-corrected chi connectivity index (χ4v) is 3.64. The van der Waals surface area contributed by atoms with Crippen molar-refractivity contribution in [2.45, 2.75) is 18.5 Å². The number of Topliss-reactive ketones (excluding diaryl/α,β-unsaturated/α-hetero) is 1. The van der Waals surface area contributed by atoms with E-state index in [0.717, 1.165) is 17.8 Å². The van der Waals surface area contributed by atoms with Crippen LogP contribution < -0.4 is 0 Å². The lowest BCUT2D eigenvalue weighted by atomic mass is 10.0. The van der Waals surface area contributed by atoms with E-state index in [2.05, 4.69) is 39.4 Å². The molecule has 0 aliphatic heterocycles. The number of aromatic nitrogens is 3. The number of ketones is 1. The third-order valence-electron chi connectivity index (χ3n) is 4.03. The Morgan fingerprint density at radius 3 is 2.83 bits per heavy atom. The number of benzene rings is 2. The van der Waals surface area contributed by atoms with E-state index in [0.29, 0.717) is 10.9 Å². The summed E-state index contributed by atoms with van der Waals surface area (Å²) in [5.74, 6) is 1.20. The molecule has 0 spiro atoms. The highest BCUT2D eigenvalue weighted by Gasteiger charge is 2.19. The minimum atomic E-state index is 0.102. The number of H-pyrrole nitrogens is 1. The Morgan fingerprint density at radius 1 is 1.17 bits per heavy atom. The van der Waals surface area contributed by atoms with E-state index in [1.165, 1.54) is 34.0 Å². The summed E-state index contributed by atoms with van der Waals surface area (Å²) in [4.78, 5) is 16.7. The van der Waals surface area contributed by atoms with Gasteiger partial charge in [-0.2, -0.15) is 0 Å². The summed E-state index contributed by atoms with van der Waals surface area (Å²) in [5.41, 5.74) is 5.80. The molecule has 0 fully saturated rings. The van der Waals surface area contributed by atoms with E-state index in [4.69, 9.17) is 0 Å². The summed E-state index contributed by atoms with van der Waals surface area (Å²) in [5, 5.41) is 7.44. The lowest BCUT2D eigenvalue weighted by Crippen LogP contribution is -2.03. The molecule has 0 saturated heterocycles. The second kappa shape index (κ2) is 5.66. The van der Waals surface area contributed by atoms with Gasteiger partial charge in [-0.25, -0.2) is 4.98 Å². The van der Waals surface area contributed by atoms with Gasteiger partial charge in [-0.3, -0.25) is 9.89 Å². The number of carbonyl (C=O) groups excluding carboxylic acids is 1. The first-order valence-corrected chi connectivity index (χ1v) is 8.45. The maximum absolute atomic E-state index is 12.5. The lowest BCUT2D eigenvalue weighted by Gasteiger charge is -2.04. The zero-order chi connectivity index (χ0) is 15.8. The number of thioether (sulfide) groups is 1. The third kappa shape index (κ3) is 2.68. The molecule has 0 atom stereocenters. The standard InChI is InChI=1S/C18H15N3OS/c1-11-19-18(21-20-11)23-10-17(22)14-7-6-13-8-12-4-2-3-5-15(12)16(13)9-14/h2-7,9H,8,10H2,1H3,(H,19,20,21). The van der Waals surface area contributed by atoms with Crippen LogP contribution in [0.1, 0.15) is 27.3 Å². The Bertz CT molecular complexity index is 901. The van der Waals surface area contributed by atoms with Crippen LogP contribution >= 0.6 is 11.8 Å². The molecule has 0 unspecified atom stereocenters. The average molecular weight is 321 g/mol. The van der Waals surface area contributed by atoms with Crippen LogP contribution in [0.15, 0.2) is 47.6 Å². The normalized spacial score (nSPS) is 12.0. The number of nitrogens with zero attached hydrogens (tertiary/aromatic N) is 2. The first-order valence-electron chi connectivity index (χ1n) is 7.47. The molecule has 23 heavy (non-hydrogen) atoms. The van der Waals surface area contributed by atoms with Gasteiger partial charge in [-0.05, 0) is 41.7 Å². The van der Waals surface area contributed by atoms with Gasteiger partial charge in [-0.15, -0.1) is 5.10 Å². The van der Waals surface area contributed by atoms with Gasteiger partial charge >= 0.3 is 0 Å². The van der Waals surface area contributed by atoms with Crippen LogP contribution in [0.5, 0.6) is 0 Å². The molecule has 0 bridgehead atoms. The van der Waals surface area contributed by atoms with E-state index in [1.807, 2.05) is 25.1 Å². The molecule has 1 aliphatic rings. The molecule has 114 valence electrons. The van der Waals surface area contributed by atoms with Crippen LogP contribution in [-0.2, 0) is 6.42 Å². The van der Waals surface area contributed by atoms with Crippen LogP contribution in [0.4, 0.5) is 0 Å². The zero-order valence-corrected chi connectivity index (χ0v) is 13.5.